The Labute approximate surface area is 152 Å². The number of anilines is 1. The molecule has 132 valence electrons. The van der Waals surface area contributed by atoms with Gasteiger partial charge >= 0.3 is 0 Å². The highest BCUT2D eigenvalue weighted by Crippen LogP contribution is 2.24. The third-order valence-corrected chi connectivity index (χ3v) is 4.46. The molecule has 0 spiro atoms. The van der Waals surface area contributed by atoms with Gasteiger partial charge in [0, 0.05) is 0 Å². The highest BCUT2D eigenvalue weighted by atomic mass is 32.1. The number of carbonyl (C=O) groups is 1. The third-order valence-electron chi connectivity index (χ3n) is 3.65. The van der Waals surface area contributed by atoms with Crippen LogP contribution >= 0.6 is 11.3 Å². The fraction of sp³-hybridized carbons (Fsp3) is 0.176. The molecule has 3 aromatic heterocycles. The Morgan fingerprint density at radius 1 is 1.27 bits per heavy atom. The van der Waals surface area contributed by atoms with Crippen LogP contribution < -0.4 is 10.1 Å². The van der Waals surface area contributed by atoms with Crippen molar-refractivity contribution in [2.45, 2.75) is 19.4 Å². The van der Waals surface area contributed by atoms with E-state index in [0.717, 1.165) is 0 Å². The first-order valence-electron chi connectivity index (χ1n) is 8.03. The largest absolute Gasteiger partial charge is 0.481 e. The predicted octanol–water partition coefficient (Wildman–Crippen LogP) is 3.24. The summed E-state index contributed by atoms with van der Waals surface area (Å²) < 4.78 is 12.6. The summed E-state index contributed by atoms with van der Waals surface area (Å²) in [6.07, 6.45) is 1.47. The van der Waals surface area contributed by atoms with Crippen LogP contribution in [0.4, 0.5) is 5.13 Å². The monoisotopic (exact) mass is 369 g/mol. The molecule has 4 aromatic rings. The SMILES string of the molecule is CC[C@@H](Oc1ccccc1)C(=O)Nc1nn2c(-c3ccco3)nnc2s1. The third kappa shape index (κ3) is 3.16. The average molecular weight is 369 g/mol. The molecule has 0 saturated carbocycles. The highest BCUT2D eigenvalue weighted by molar-refractivity contribution is 7.20. The van der Waals surface area contributed by atoms with E-state index < -0.39 is 6.10 Å². The molecule has 0 aliphatic heterocycles. The molecule has 9 heteroatoms. The minimum atomic E-state index is -0.615. The van der Waals surface area contributed by atoms with Gasteiger partial charge < -0.3 is 9.15 Å². The maximum Gasteiger partial charge on any atom is 0.267 e. The second-order valence-corrected chi connectivity index (χ2v) is 6.38. The van der Waals surface area contributed by atoms with Gasteiger partial charge in [0.15, 0.2) is 11.9 Å². The zero-order valence-corrected chi connectivity index (χ0v) is 14.6. The standard InChI is InChI=1S/C17H15N5O3S/c1-2-12(25-11-7-4-3-5-8-11)15(23)18-16-21-22-14(13-9-6-10-24-13)19-20-17(22)26-16/h3-10,12H,2H2,1H3,(H,18,21,23)/t12-/m1/s1. The Hall–Kier alpha value is -3.20. The van der Waals surface area contributed by atoms with E-state index in [0.29, 0.717) is 33.8 Å². The van der Waals surface area contributed by atoms with Crippen molar-refractivity contribution < 1.29 is 13.9 Å². The lowest BCUT2D eigenvalue weighted by Gasteiger charge is -2.16. The van der Waals surface area contributed by atoms with E-state index in [1.165, 1.54) is 15.9 Å². The van der Waals surface area contributed by atoms with Gasteiger partial charge in [0.25, 0.3) is 5.91 Å². The summed E-state index contributed by atoms with van der Waals surface area (Å²) in [5, 5.41) is 15.7. The molecular formula is C17H15N5O3S. The number of fused-ring (bicyclic) bond motifs is 1. The Balaban J connectivity index is 1.52. The minimum absolute atomic E-state index is 0.263. The first-order chi connectivity index (χ1) is 12.7. The zero-order chi connectivity index (χ0) is 17.9. The Kier molecular flexibility index (Phi) is 4.36. The van der Waals surface area contributed by atoms with Gasteiger partial charge in [0.2, 0.25) is 15.9 Å². The van der Waals surface area contributed by atoms with Gasteiger partial charge in [-0.3, -0.25) is 10.1 Å². The van der Waals surface area contributed by atoms with Crippen LogP contribution in [0.2, 0.25) is 0 Å². The molecule has 0 aliphatic rings. The second kappa shape index (κ2) is 6.96. The van der Waals surface area contributed by atoms with Crippen molar-refractivity contribution in [1.29, 1.82) is 0 Å². The predicted molar refractivity (Wildman–Crippen MR) is 96.1 cm³/mol. The van der Waals surface area contributed by atoms with Crippen LogP contribution in [0.5, 0.6) is 5.75 Å². The topological polar surface area (TPSA) is 94.5 Å². The molecule has 0 fully saturated rings. The molecule has 1 atom stereocenters. The number of nitrogens with zero attached hydrogens (tertiary/aromatic N) is 4. The number of benzene rings is 1. The van der Waals surface area contributed by atoms with Gasteiger partial charge in [-0.05, 0) is 30.7 Å². The molecule has 4 rings (SSSR count). The summed E-state index contributed by atoms with van der Waals surface area (Å²) in [4.78, 5) is 13.1. The van der Waals surface area contributed by atoms with Crippen molar-refractivity contribution in [3.8, 4) is 17.3 Å². The quantitative estimate of drug-likeness (QED) is 0.561. The van der Waals surface area contributed by atoms with Crippen LogP contribution in [0.25, 0.3) is 16.5 Å². The summed E-state index contributed by atoms with van der Waals surface area (Å²) in [6, 6.07) is 12.8. The van der Waals surface area contributed by atoms with Gasteiger partial charge in [-0.1, -0.05) is 36.5 Å². The van der Waals surface area contributed by atoms with Gasteiger partial charge in [-0.25, -0.2) is 0 Å². The summed E-state index contributed by atoms with van der Waals surface area (Å²) in [5.41, 5.74) is 0. The fourth-order valence-electron chi connectivity index (χ4n) is 2.40. The van der Waals surface area contributed by atoms with Crippen LogP contribution in [-0.4, -0.2) is 31.8 Å². The Morgan fingerprint density at radius 3 is 2.85 bits per heavy atom. The molecule has 26 heavy (non-hydrogen) atoms. The number of hydrogen-bond donors (Lipinski definition) is 1. The molecule has 1 amide bonds. The maximum absolute atomic E-state index is 12.5. The average Bonchev–Trinajstić information content (AvgIpc) is 3.37. The first kappa shape index (κ1) is 16.3. The Morgan fingerprint density at radius 2 is 2.12 bits per heavy atom. The molecule has 1 N–H and O–H groups in total. The van der Waals surface area contributed by atoms with Crippen molar-refractivity contribution in [3.63, 3.8) is 0 Å². The molecule has 0 aliphatic carbocycles. The fourth-order valence-corrected chi connectivity index (χ4v) is 3.14. The van der Waals surface area contributed by atoms with Crippen molar-refractivity contribution in [3.05, 3.63) is 48.7 Å². The van der Waals surface area contributed by atoms with Crippen molar-refractivity contribution in [2.24, 2.45) is 0 Å². The van der Waals surface area contributed by atoms with Crippen LogP contribution in [0.3, 0.4) is 0 Å². The number of rotatable bonds is 6. The molecular weight excluding hydrogens is 354 g/mol. The highest BCUT2D eigenvalue weighted by Gasteiger charge is 2.21. The van der Waals surface area contributed by atoms with Crippen molar-refractivity contribution in [1.82, 2.24) is 19.8 Å². The molecule has 0 saturated heterocycles. The molecule has 0 unspecified atom stereocenters. The number of furan rings is 1. The van der Waals surface area contributed by atoms with Crippen LogP contribution in [0.1, 0.15) is 13.3 Å². The second-order valence-electron chi connectivity index (χ2n) is 5.42. The number of ether oxygens (including phenoxy) is 1. The maximum atomic E-state index is 12.5. The number of nitrogens with one attached hydrogen (secondary N) is 1. The van der Waals surface area contributed by atoms with E-state index in [1.54, 1.807) is 18.4 Å². The number of carbonyl (C=O) groups excluding carboxylic acids is 1. The summed E-state index contributed by atoms with van der Waals surface area (Å²) >= 11 is 1.23. The summed E-state index contributed by atoms with van der Waals surface area (Å²) in [7, 11) is 0. The van der Waals surface area contributed by atoms with Gasteiger partial charge in [0.05, 0.1) is 6.26 Å². The molecule has 0 bridgehead atoms. The van der Waals surface area contributed by atoms with Gasteiger partial charge in [-0.15, -0.1) is 15.3 Å². The van der Waals surface area contributed by atoms with Gasteiger partial charge in [-0.2, -0.15) is 4.52 Å². The molecule has 1 aromatic carbocycles. The van der Waals surface area contributed by atoms with Crippen LogP contribution in [0.15, 0.2) is 53.1 Å². The summed E-state index contributed by atoms with van der Waals surface area (Å²) in [6.45, 7) is 1.89. The van der Waals surface area contributed by atoms with E-state index in [1.807, 2.05) is 37.3 Å². The molecule has 0 radical (unpaired) electrons. The summed E-state index contributed by atoms with van der Waals surface area (Å²) in [5.74, 6) is 1.42. The van der Waals surface area contributed by atoms with Crippen LogP contribution in [0, 0.1) is 0 Å². The molecule has 3 heterocycles. The van der Waals surface area contributed by atoms with Crippen molar-refractivity contribution in [2.75, 3.05) is 5.32 Å². The smallest absolute Gasteiger partial charge is 0.267 e. The minimum Gasteiger partial charge on any atom is -0.481 e. The van der Waals surface area contributed by atoms with E-state index in [9.17, 15) is 4.79 Å². The number of para-hydroxylation sites is 1. The number of aromatic nitrogens is 4. The van der Waals surface area contributed by atoms with E-state index in [-0.39, 0.29) is 5.91 Å². The van der Waals surface area contributed by atoms with Crippen LogP contribution in [-0.2, 0) is 4.79 Å². The van der Waals surface area contributed by atoms with E-state index in [4.69, 9.17) is 9.15 Å². The lowest BCUT2D eigenvalue weighted by Crippen LogP contribution is -2.32. The zero-order valence-electron chi connectivity index (χ0n) is 13.8. The Bertz CT molecular complexity index is 1010. The van der Waals surface area contributed by atoms with E-state index >= 15 is 0 Å². The molecule has 8 nitrogen and oxygen atoms in total. The normalized spacial score (nSPS) is 12.2. The van der Waals surface area contributed by atoms with Gasteiger partial charge in [0.1, 0.15) is 5.75 Å². The number of amides is 1. The lowest BCUT2D eigenvalue weighted by atomic mass is 10.2. The first-order valence-corrected chi connectivity index (χ1v) is 8.85. The van der Waals surface area contributed by atoms with E-state index in [2.05, 4.69) is 20.6 Å². The number of hydrogen-bond acceptors (Lipinski definition) is 7. The van der Waals surface area contributed by atoms with Crippen molar-refractivity contribution >= 4 is 27.3 Å². The lowest BCUT2D eigenvalue weighted by molar-refractivity contribution is -0.122.